The van der Waals surface area contributed by atoms with E-state index in [0.717, 1.165) is 9.88 Å². The Morgan fingerprint density at radius 2 is 2.54 bits per heavy atom. The number of hydroxylamine groups is 1. The van der Waals surface area contributed by atoms with Gasteiger partial charge in [0.25, 0.3) is 0 Å². The fraction of sp³-hybridized carbons (Fsp3) is 0.429. The van der Waals surface area contributed by atoms with Gasteiger partial charge in [-0.25, -0.2) is 15.3 Å². The predicted octanol–water partition coefficient (Wildman–Crippen LogP) is 0.812. The standard InChI is InChI=1S/C7H11N3O2S/c1-5-8-3-6(13-5)4-9-7(11)10-12-2/h3H,4H2,1-2H3,(H2,9,10,11). The highest BCUT2D eigenvalue weighted by molar-refractivity contribution is 7.11. The Bertz CT molecular complexity index is 287. The average molecular weight is 201 g/mol. The largest absolute Gasteiger partial charge is 0.338 e. The zero-order valence-corrected chi connectivity index (χ0v) is 8.27. The first kappa shape index (κ1) is 9.94. The number of carbonyl (C=O) groups is 1. The molecular formula is C7H11N3O2S. The number of aromatic nitrogens is 1. The Morgan fingerprint density at radius 1 is 1.77 bits per heavy atom. The van der Waals surface area contributed by atoms with E-state index in [1.807, 2.05) is 6.92 Å². The van der Waals surface area contributed by atoms with Crippen LogP contribution in [0.25, 0.3) is 0 Å². The molecule has 0 saturated heterocycles. The fourth-order valence-electron chi connectivity index (χ4n) is 0.783. The summed E-state index contributed by atoms with van der Waals surface area (Å²) in [4.78, 5) is 20.4. The summed E-state index contributed by atoms with van der Waals surface area (Å²) in [5.41, 5.74) is 2.16. The number of amides is 2. The van der Waals surface area contributed by atoms with Gasteiger partial charge in [0.2, 0.25) is 0 Å². The van der Waals surface area contributed by atoms with E-state index in [-0.39, 0.29) is 6.03 Å². The Balaban J connectivity index is 2.30. The predicted molar refractivity (Wildman–Crippen MR) is 49.2 cm³/mol. The van der Waals surface area contributed by atoms with Crippen molar-refractivity contribution in [2.75, 3.05) is 7.11 Å². The third-order valence-electron chi connectivity index (χ3n) is 1.29. The average Bonchev–Trinajstić information content (AvgIpc) is 2.49. The van der Waals surface area contributed by atoms with Crippen molar-refractivity contribution in [3.05, 3.63) is 16.1 Å². The molecule has 72 valence electrons. The van der Waals surface area contributed by atoms with Crippen LogP contribution in [0.1, 0.15) is 9.88 Å². The molecule has 0 aliphatic rings. The summed E-state index contributed by atoms with van der Waals surface area (Å²) >= 11 is 1.55. The summed E-state index contributed by atoms with van der Waals surface area (Å²) in [6, 6.07) is -0.353. The van der Waals surface area contributed by atoms with Gasteiger partial charge in [0.1, 0.15) is 0 Å². The third-order valence-corrected chi connectivity index (χ3v) is 2.20. The maximum Gasteiger partial charge on any atom is 0.338 e. The van der Waals surface area contributed by atoms with Gasteiger partial charge in [-0.15, -0.1) is 11.3 Å². The van der Waals surface area contributed by atoms with Gasteiger partial charge in [-0.05, 0) is 6.92 Å². The molecule has 1 rings (SSSR count). The van der Waals surface area contributed by atoms with E-state index in [0.29, 0.717) is 6.54 Å². The summed E-state index contributed by atoms with van der Waals surface area (Å²) in [6.07, 6.45) is 1.74. The highest BCUT2D eigenvalue weighted by Gasteiger charge is 2.01. The van der Waals surface area contributed by atoms with E-state index < -0.39 is 0 Å². The van der Waals surface area contributed by atoms with Gasteiger partial charge in [0.05, 0.1) is 18.7 Å². The van der Waals surface area contributed by atoms with E-state index in [1.54, 1.807) is 17.5 Å². The number of carbonyl (C=O) groups excluding carboxylic acids is 1. The SMILES string of the molecule is CONC(=O)NCc1cnc(C)s1. The van der Waals surface area contributed by atoms with Crippen LogP contribution in [0.15, 0.2) is 6.20 Å². The molecule has 0 fully saturated rings. The number of hydrogen-bond donors (Lipinski definition) is 2. The molecule has 1 heterocycles. The smallest absolute Gasteiger partial charge is 0.331 e. The lowest BCUT2D eigenvalue weighted by Gasteiger charge is -2.02. The summed E-state index contributed by atoms with van der Waals surface area (Å²) in [7, 11) is 1.39. The minimum absolute atomic E-state index is 0.353. The van der Waals surface area contributed by atoms with Crippen molar-refractivity contribution >= 4 is 17.4 Å². The summed E-state index contributed by atoms with van der Waals surface area (Å²) < 4.78 is 0. The van der Waals surface area contributed by atoms with Crippen LogP contribution in [0.5, 0.6) is 0 Å². The van der Waals surface area contributed by atoms with Crippen LogP contribution < -0.4 is 10.8 Å². The van der Waals surface area contributed by atoms with Gasteiger partial charge in [0.15, 0.2) is 0 Å². The topological polar surface area (TPSA) is 63.2 Å². The van der Waals surface area contributed by atoms with Crippen molar-refractivity contribution in [1.82, 2.24) is 15.8 Å². The Morgan fingerprint density at radius 3 is 3.08 bits per heavy atom. The number of hydrogen-bond acceptors (Lipinski definition) is 4. The lowest BCUT2D eigenvalue weighted by molar-refractivity contribution is 0.107. The maximum absolute atomic E-state index is 10.9. The van der Waals surface area contributed by atoms with Gasteiger partial charge in [-0.3, -0.25) is 4.84 Å². The first-order chi connectivity index (χ1) is 6.22. The summed E-state index contributed by atoms with van der Waals surface area (Å²) in [6.45, 7) is 2.39. The van der Waals surface area contributed by atoms with Crippen LogP contribution in [0, 0.1) is 6.92 Å². The van der Waals surface area contributed by atoms with Gasteiger partial charge in [0, 0.05) is 11.1 Å². The quantitative estimate of drug-likeness (QED) is 0.711. The number of nitrogens with zero attached hydrogens (tertiary/aromatic N) is 1. The van der Waals surface area contributed by atoms with Crippen molar-refractivity contribution in [3.63, 3.8) is 0 Å². The molecule has 0 aliphatic carbocycles. The van der Waals surface area contributed by atoms with Gasteiger partial charge < -0.3 is 5.32 Å². The van der Waals surface area contributed by atoms with Crippen molar-refractivity contribution in [1.29, 1.82) is 0 Å². The van der Waals surface area contributed by atoms with Crippen LogP contribution in [-0.4, -0.2) is 18.1 Å². The Kier molecular flexibility index (Phi) is 3.66. The molecule has 0 unspecified atom stereocenters. The first-order valence-electron chi connectivity index (χ1n) is 3.70. The molecule has 0 spiro atoms. The normalized spacial score (nSPS) is 9.69. The molecular weight excluding hydrogens is 190 g/mol. The molecule has 0 radical (unpaired) electrons. The van der Waals surface area contributed by atoms with Crippen molar-refractivity contribution in [3.8, 4) is 0 Å². The van der Waals surface area contributed by atoms with Gasteiger partial charge in [-0.2, -0.15) is 0 Å². The molecule has 0 saturated carbocycles. The Hall–Kier alpha value is -1.14. The van der Waals surface area contributed by atoms with Crippen molar-refractivity contribution in [2.45, 2.75) is 13.5 Å². The highest BCUT2D eigenvalue weighted by Crippen LogP contribution is 2.10. The number of rotatable bonds is 3. The number of urea groups is 1. The second-order valence-corrected chi connectivity index (χ2v) is 3.65. The van der Waals surface area contributed by atoms with Crippen molar-refractivity contribution in [2.24, 2.45) is 0 Å². The molecule has 0 aliphatic heterocycles. The molecule has 2 amide bonds. The lowest BCUT2D eigenvalue weighted by Crippen LogP contribution is -2.33. The number of aryl methyl sites for hydroxylation is 1. The van der Waals surface area contributed by atoms with Crippen LogP contribution in [0.4, 0.5) is 4.79 Å². The van der Waals surface area contributed by atoms with Gasteiger partial charge >= 0.3 is 6.03 Å². The summed E-state index contributed by atoms with van der Waals surface area (Å²) in [5.74, 6) is 0. The summed E-state index contributed by atoms with van der Waals surface area (Å²) in [5, 5.41) is 3.60. The third kappa shape index (κ3) is 3.39. The van der Waals surface area contributed by atoms with E-state index in [4.69, 9.17) is 0 Å². The molecule has 6 heteroatoms. The van der Waals surface area contributed by atoms with Crippen LogP contribution in [0.3, 0.4) is 0 Å². The van der Waals surface area contributed by atoms with Gasteiger partial charge in [-0.1, -0.05) is 0 Å². The molecule has 0 atom stereocenters. The zero-order chi connectivity index (χ0) is 9.68. The Labute approximate surface area is 80.1 Å². The lowest BCUT2D eigenvalue weighted by atomic mass is 10.5. The van der Waals surface area contributed by atoms with E-state index in [1.165, 1.54) is 7.11 Å². The second kappa shape index (κ2) is 4.78. The first-order valence-corrected chi connectivity index (χ1v) is 4.52. The monoisotopic (exact) mass is 201 g/mol. The minimum atomic E-state index is -0.353. The van der Waals surface area contributed by atoms with Crippen molar-refractivity contribution < 1.29 is 9.63 Å². The molecule has 1 aromatic rings. The fourth-order valence-corrected chi connectivity index (χ4v) is 1.52. The molecule has 1 aromatic heterocycles. The number of nitrogens with one attached hydrogen (secondary N) is 2. The van der Waals surface area contributed by atoms with E-state index in [9.17, 15) is 4.79 Å². The maximum atomic E-state index is 10.9. The van der Waals surface area contributed by atoms with E-state index >= 15 is 0 Å². The highest BCUT2D eigenvalue weighted by atomic mass is 32.1. The second-order valence-electron chi connectivity index (χ2n) is 2.33. The molecule has 2 N–H and O–H groups in total. The van der Waals surface area contributed by atoms with Crippen LogP contribution >= 0.6 is 11.3 Å². The molecule has 0 bridgehead atoms. The zero-order valence-electron chi connectivity index (χ0n) is 7.46. The van der Waals surface area contributed by atoms with Crippen LogP contribution in [-0.2, 0) is 11.4 Å². The molecule has 0 aromatic carbocycles. The number of thiazole rings is 1. The molecule has 5 nitrogen and oxygen atoms in total. The van der Waals surface area contributed by atoms with E-state index in [2.05, 4.69) is 20.6 Å². The van der Waals surface area contributed by atoms with Crippen LogP contribution in [0.2, 0.25) is 0 Å². The minimum Gasteiger partial charge on any atom is -0.331 e. The molecule has 13 heavy (non-hydrogen) atoms.